The van der Waals surface area contributed by atoms with Crippen LogP contribution in [-0.2, 0) is 9.53 Å². The molecule has 0 radical (unpaired) electrons. The largest absolute Gasteiger partial charge is 0.489 e. The first-order valence-corrected chi connectivity index (χ1v) is 11.0. The third-order valence-corrected chi connectivity index (χ3v) is 6.30. The molecular formula is C22H29ClN4O3. The molecule has 1 atom stereocenters. The van der Waals surface area contributed by atoms with Gasteiger partial charge in [-0.05, 0) is 37.5 Å². The van der Waals surface area contributed by atoms with Gasteiger partial charge in [-0.3, -0.25) is 4.79 Å². The predicted octanol–water partition coefficient (Wildman–Crippen LogP) is 4.03. The van der Waals surface area contributed by atoms with Crippen LogP contribution >= 0.6 is 11.6 Å². The first-order chi connectivity index (χ1) is 14.6. The normalized spacial score (nSPS) is 20.7. The summed E-state index contributed by atoms with van der Waals surface area (Å²) in [5, 5.41) is 3.77. The Labute approximate surface area is 182 Å². The maximum absolute atomic E-state index is 12.3. The molecule has 1 aromatic heterocycles. The molecule has 0 aliphatic carbocycles. The molecule has 8 heteroatoms. The Hall–Kier alpha value is -2.25. The zero-order valence-electron chi connectivity index (χ0n) is 17.4. The molecule has 162 valence electrons. The van der Waals surface area contributed by atoms with E-state index in [0.29, 0.717) is 30.5 Å². The van der Waals surface area contributed by atoms with Crippen LogP contribution < -0.4 is 10.1 Å². The van der Waals surface area contributed by atoms with E-state index in [0.717, 1.165) is 55.6 Å². The van der Waals surface area contributed by atoms with Crippen LogP contribution in [-0.4, -0.2) is 59.8 Å². The van der Waals surface area contributed by atoms with Gasteiger partial charge >= 0.3 is 0 Å². The van der Waals surface area contributed by atoms with E-state index in [1.54, 1.807) is 0 Å². The lowest BCUT2D eigenvalue weighted by atomic mass is 10.1. The van der Waals surface area contributed by atoms with Crippen LogP contribution in [0.3, 0.4) is 0 Å². The monoisotopic (exact) mass is 432 g/mol. The Morgan fingerprint density at radius 3 is 2.87 bits per heavy atom. The highest BCUT2D eigenvalue weighted by Gasteiger charge is 2.27. The molecule has 2 aliphatic heterocycles. The highest BCUT2D eigenvalue weighted by atomic mass is 35.5. The van der Waals surface area contributed by atoms with Crippen LogP contribution in [0.25, 0.3) is 11.0 Å². The fourth-order valence-electron chi connectivity index (χ4n) is 4.38. The predicted molar refractivity (Wildman–Crippen MR) is 118 cm³/mol. The van der Waals surface area contributed by atoms with Crippen molar-refractivity contribution in [2.24, 2.45) is 0 Å². The van der Waals surface area contributed by atoms with Crippen LogP contribution in [0.2, 0.25) is 5.02 Å². The number of halogens is 1. The standard InChI is InChI=1S/C22H29ClN4O3/c1-3-19(28)26-11-5-4-6-15(14-26)27-21-17(25-22(27)24-2)7-8-18(20(21)23)30-16-9-12-29-13-10-16/h3,7-8,15-16H,1,4-6,9-14H2,2H3,(H,24,25). The average molecular weight is 433 g/mol. The topological polar surface area (TPSA) is 68.6 Å². The van der Waals surface area contributed by atoms with E-state index < -0.39 is 0 Å². The van der Waals surface area contributed by atoms with Gasteiger partial charge in [-0.25, -0.2) is 4.98 Å². The summed E-state index contributed by atoms with van der Waals surface area (Å²) in [6.45, 7) is 6.42. The number of nitrogens with one attached hydrogen (secondary N) is 1. The van der Waals surface area contributed by atoms with Crippen LogP contribution in [0.4, 0.5) is 5.95 Å². The number of benzene rings is 1. The lowest BCUT2D eigenvalue weighted by molar-refractivity contribution is -0.126. The Morgan fingerprint density at radius 1 is 1.33 bits per heavy atom. The number of nitrogens with zero attached hydrogens (tertiary/aromatic N) is 3. The molecule has 0 bridgehead atoms. The van der Waals surface area contributed by atoms with E-state index >= 15 is 0 Å². The van der Waals surface area contributed by atoms with Crippen molar-refractivity contribution in [3.8, 4) is 5.75 Å². The molecule has 1 unspecified atom stereocenters. The summed E-state index contributed by atoms with van der Waals surface area (Å²) in [5.41, 5.74) is 1.66. The van der Waals surface area contributed by atoms with E-state index in [9.17, 15) is 4.79 Å². The van der Waals surface area contributed by atoms with Crippen LogP contribution in [0.5, 0.6) is 5.75 Å². The number of anilines is 1. The van der Waals surface area contributed by atoms with Gasteiger partial charge in [0.1, 0.15) is 16.9 Å². The van der Waals surface area contributed by atoms with Gasteiger partial charge in [-0.15, -0.1) is 0 Å². The van der Waals surface area contributed by atoms with Crippen molar-refractivity contribution in [3.63, 3.8) is 0 Å². The maximum Gasteiger partial charge on any atom is 0.246 e. The average Bonchev–Trinajstić information content (AvgIpc) is 2.98. The molecule has 2 aliphatic rings. The number of imidazole rings is 1. The van der Waals surface area contributed by atoms with Gasteiger partial charge in [0, 0.05) is 33.0 Å². The number of carbonyl (C=O) groups excluding carboxylic acids is 1. The number of ether oxygens (including phenoxy) is 2. The summed E-state index contributed by atoms with van der Waals surface area (Å²) >= 11 is 6.88. The second-order valence-electron chi connectivity index (χ2n) is 7.87. The molecule has 1 aromatic carbocycles. The third kappa shape index (κ3) is 4.14. The molecule has 30 heavy (non-hydrogen) atoms. The number of hydrogen-bond donors (Lipinski definition) is 1. The van der Waals surface area contributed by atoms with Crippen molar-refractivity contribution >= 4 is 34.5 Å². The van der Waals surface area contributed by atoms with E-state index in [-0.39, 0.29) is 18.1 Å². The number of rotatable bonds is 5. The lowest BCUT2D eigenvalue weighted by Crippen LogP contribution is -2.34. The van der Waals surface area contributed by atoms with Crippen molar-refractivity contribution in [1.29, 1.82) is 0 Å². The van der Waals surface area contributed by atoms with Gasteiger partial charge in [0.25, 0.3) is 0 Å². The van der Waals surface area contributed by atoms with Crippen LogP contribution in [0.15, 0.2) is 24.8 Å². The quantitative estimate of drug-likeness (QED) is 0.722. The van der Waals surface area contributed by atoms with Gasteiger partial charge < -0.3 is 24.3 Å². The molecule has 7 nitrogen and oxygen atoms in total. The summed E-state index contributed by atoms with van der Waals surface area (Å²) in [5.74, 6) is 1.38. The van der Waals surface area contributed by atoms with Gasteiger partial charge in [0.15, 0.2) is 0 Å². The first kappa shape index (κ1) is 21.0. The number of aromatic nitrogens is 2. The molecule has 4 rings (SSSR count). The minimum atomic E-state index is -0.0352. The van der Waals surface area contributed by atoms with E-state index in [4.69, 9.17) is 26.1 Å². The minimum absolute atomic E-state index is 0.0352. The van der Waals surface area contributed by atoms with E-state index in [1.807, 2.05) is 24.1 Å². The summed E-state index contributed by atoms with van der Waals surface area (Å²) in [4.78, 5) is 18.9. The van der Waals surface area contributed by atoms with Gasteiger partial charge in [0.05, 0.1) is 30.3 Å². The number of fused-ring (bicyclic) bond motifs is 1. The molecule has 1 N–H and O–H groups in total. The zero-order chi connectivity index (χ0) is 21.1. The Bertz CT molecular complexity index is 923. The molecule has 2 fully saturated rings. The number of carbonyl (C=O) groups is 1. The highest BCUT2D eigenvalue weighted by molar-refractivity contribution is 6.36. The van der Waals surface area contributed by atoms with Gasteiger partial charge in [0.2, 0.25) is 11.9 Å². The minimum Gasteiger partial charge on any atom is -0.489 e. The maximum atomic E-state index is 12.3. The Morgan fingerprint density at radius 2 is 2.13 bits per heavy atom. The molecule has 0 spiro atoms. The Kier molecular flexibility index (Phi) is 6.49. The van der Waals surface area contributed by atoms with E-state index in [1.165, 1.54) is 6.08 Å². The van der Waals surface area contributed by atoms with Crippen molar-refractivity contribution < 1.29 is 14.3 Å². The molecule has 1 amide bonds. The molecule has 0 saturated carbocycles. The van der Waals surface area contributed by atoms with E-state index in [2.05, 4.69) is 16.5 Å². The summed E-state index contributed by atoms with van der Waals surface area (Å²) in [6.07, 6.45) is 6.16. The molecular weight excluding hydrogens is 404 g/mol. The fourth-order valence-corrected chi connectivity index (χ4v) is 4.68. The summed E-state index contributed by atoms with van der Waals surface area (Å²) in [6, 6.07) is 3.92. The molecule has 2 saturated heterocycles. The number of likely N-dealkylation sites (tertiary alicyclic amines) is 1. The van der Waals surface area contributed by atoms with Crippen LogP contribution in [0, 0.1) is 0 Å². The van der Waals surface area contributed by atoms with Crippen molar-refractivity contribution in [2.75, 3.05) is 38.7 Å². The Balaban J connectivity index is 1.72. The summed E-state index contributed by atoms with van der Waals surface area (Å²) < 4.78 is 13.8. The lowest BCUT2D eigenvalue weighted by Gasteiger charge is -2.27. The fraction of sp³-hybridized carbons (Fsp3) is 0.545. The second-order valence-corrected chi connectivity index (χ2v) is 8.25. The zero-order valence-corrected chi connectivity index (χ0v) is 18.2. The van der Waals surface area contributed by atoms with Crippen LogP contribution in [0.1, 0.15) is 38.1 Å². The second kappa shape index (κ2) is 9.27. The van der Waals surface area contributed by atoms with Crippen molar-refractivity contribution in [2.45, 2.75) is 44.2 Å². The first-order valence-electron chi connectivity index (χ1n) is 10.7. The smallest absolute Gasteiger partial charge is 0.246 e. The SMILES string of the molecule is C=CC(=O)N1CCCCC(n2c(NC)nc3ccc(OC4CCOCC4)c(Cl)c32)C1. The van der Waals surface area contributed by atoms with Crippen molar-refractivity contribution in [3.05, 3.63) is 29.8 Å². The summed E-state index contributed by atoms with van der Waals surface area (Å²) in [7, 11) is 1.86. The number of amides is 1. The number of hydrogen-bond acceptors (Lipinski definition) is 5. The highest BCUT2D eigenvalue weighted by Crippen LogP contribution is 2.39. The molecule has 2 aromatic rings. The van der Waals surface area contributed by atoms with Gasteiger partial charge in [-0.2, -0.15) is 0 Å². The van der Waals surface area contributed by atoms with Gasteiger partial charge in [-0.1, -0.05) is 18.2 Å². The third-order valence-electron chi connectivity index (χ3n) is 5.94. The molecule has 3 heterocycles. The van der Waals surface area contributed by atoms with Crippen molar-refractivity contribution in [1.82, 2.24) is 14.5 Å².